The molecule has 29 heavy (non-hydrogen) atoms. The van der Waals surface area contributed by atoms with Crippen LogP contribution in [0.5, 0.6) is 5.75 Å². The van der Waals surface area contributed by atoms with Gasteiger partial charge in [0.1, 0.15) is 11.6 Å². The predicted molar refractivity (Wildman–Crippen MR) is 113 cm³/mol. The second-order valence-electron chi connectivity index (χ2n) is 6.78. The van der Waals surface area contributed by atoms with Crippen molar-refractivity contribution in [3.05, 3.63) is 53.1 Å². The van der Waals surface area contributed by atoms with Crippen LogP contribution < -0.4 is 10.1 Å². The number of nitrogens with zero attached hydrogens (tertiary/aromatic N) is 2. The molecule has 2 aromatic carbocycles. The third-order valence-corrected chi connectivity index (χ3v) is 6.24. The number of amidine groups is 1. The molecule has 0 aromatic heterocycles. The molecule has 0 radical (unpaired) electrons. The number of hydrogen-bond acceptors (Lipinski definition) is 4. The molecule has 1 saturated heterocycles. The number of anilines is 1. The van der Waals surface area contributed by atoms with Crippen LogP contribution in [0.4, 0.5) is 5.69 Å². The van der Waals surface area contributed by atoms with E-state index in [-0.39, 0.29) is 17.4 Å². The minimum absolute atomic E-state index is 0.0798. The number of aryl methyl sites for hydroxylation is 1. The lowest BCUT2D eigenvalue weighted by molar-refractivity contribution is -0.118. The number of hydrogen-bond donors (Lipinski definition) is 1. The predicted octanol–water partition coefficient (Wildman–Crippen LogP) is 3.48. The maximum absolute atomic E-state index is 12.4. The minimum Gasteiger partial charge on any atom is -0.484 e. The van der Waals surface area contributed by atoms with Crippen molar-refractivity contribution in [1.29, 1.82) is 0 Å². The summed E-state index contributed by atoms with van der Waals surface area (Å²) in [6.45, 7) is 2.47. The fraction of sp³-hybridized carbons (Fsp3) is 0.300. The molecule has 1 heterocycles. The second kappa shape index (κ2) is 8.84. The quantitative estimate of drug-likeness (QED) is 0.750. The summed E-state index contributed by atoms with van der Waals surface area (Å²) >= 11 is 5.96. The highest BCUT2D eigenvalue weighted by atomic mass is 35.5. The summed E-state index contributed by atoms with van der Waals surface area (Å²) in [6, 6.07) is 11.0. The Morgan fingerprint density at radius 2 is 1.97 bits per heavy atom. The number of carbonyl (C=O) groups excluding carboxylic acids is 1. The van der Waals surface area contributed by atoms with Gasteiger partial charge in [0.15, 0.2) is 6.61 Å². The number of likely N-dealkylation sites (tertiary alicyclic amines) is 1. The first-order valence-corrected chi connectivity index (χ1v) is 10.9. The van der Waals surface area contributed by atoms with Crippen molar-refractivity contribution in [2.75, 3.05) is 25.5 Å². The van der Waals surface area contributed by atoms with E-state index < -0.39 is 10.0 Å². The molecule has 1 N–H and O–H groups in total. The highest BCUT2D eigenvalue weighted by molar-refractivity contribution is 7.90. The number of nitrogens with one attached hydrogen (secondary N) is 1. The Labute approximate surface area is 175 Å². The fourth-order valence-electron chi connectivity index (χ4n) is 2.86. The SMILES string of the molecule is Cc1cc(OCC(=O)Nc2ccc(S(=O)(=O)/N=C3\CCCN3C)cc2)ccc1Cl. The maximum atomic E-state index is 12.4. The van der Waals surface area contributed by atoms with E-state index in [9.17, 15) is 13.2 Å². The number of carbonyl (C=O) groups is 1. The van der Waals surface area contributed by atoms with Gasteiger partial charge in [-0.05, 0) is 61.4 Å². The second-order valence-corrected chi connectivity index (χ2v) is 8.79. The van der Waals surface area contributed by atoms with Crippen LogP contribution in [-0.2, 0) is 14.8 Å². The van der Waals surface area contributed by atoms with Crippen molar-refractivity contribution in [3.8, 4) is 5.75 Å². The summed E-state index contributed by atoms with van der Waals surface area (Å²) in [7, 11) is -1.95. The number of halogens is 1. The summed E-state index contributed by atoms with van der Waals surface area (Å²) in [5.74, 6) is 0.748. The molecule has 1 aliphatic rings. The normalized spacial score (nSPS) is 15.6. The zero-order chi connectivity index (χ0) is 21.0. The van der Waals surface area contributed by atoms with Gasteiger partial charge in [-0.1, -0.05) is 11.6 Å². The largest absolute Gasteiger partial charge is 0.484 e. The molecule has 0 bridgehead atoms. The van der Waals surface area contributed by atoms with Gasteiger partial charge in [-0.15, -0.1) is 4.40 Å². The smallest absolute Gasteiger partial charge is 0.283 e. The molecule has 1 amide bonds. The van der Waals surface area contributed by atoms with E-state index in [1.54, 1.807) is 18.2 Å². The minimum atomic E-state index is -3.78. The molecule has 154 valence electrons. The van der Waals surface area contributed by atoms with Crippen molar-refractivity contribution in [1.82, 2.24) is 4.90 Å². The van der Waals surface area contributed by atoms with E-state index in [4.69, 9.17) is 16.3 Å². The molecular formula is C20H22ClN3O4S. The average Bonchev–Trinajstić information content (AvgIpc) is 3.07. The van der Waals surface area contributed by atoms with Crippen LogP contribution in [0.2, 0.25) is 5.02 Å². The van der Waals surface area contributed by atoms with Gasteiger partial charge in [-0.3, -0.25) is 4.79 Å². The van der Waals surface area contributed by atoms with Gasteiger partial charge < -0.3 is 15.0 Å². The van der Waals surface area contributed by atoms with Gasteiger partial charge >= 0.3 is 0 Å². The van der Waals surface area contributed by atoms with E-state index in [2.05, 4.69) is 9.71 Å². The molecule has 0 saturated carbocycles. The highest BCUT2D eigenvalue weighted by Crippen LogP contribution is 2.21. The summed E-state index contributed by atoms with van der Waals surface area (Å²) in [5, 5.41) is 3.29. The lowest BCUT2D eigenvalue weighted by atomic mass is 10.2. The van der Waals surface area contributed by atoms with Crippen molar-refractivity contribution >= 4 is 39.1 Å². The van der Waals surface area contributed by atoms with Gasteiger partial charge in [0.2, 0.25) is 0 Å². The maximum Gasteiger partial charge on any atom is 0.283 e. The zero-order valence-electron chi connectivity index (χ0n) is 16.2. The van der Waals surface area contributed by atoms with Crippen LogP contribution in [-0.4, -0.2) is 45.3 Å². The number of ether oxygens (including phenoxy) is 1. The Bertz CT molecular complexity index is 1040. The lowest BCUT2D eigenvalue weighted by Crippen LogP contribution is -2.20. The van der Waals surface area contributed by atoms with E-state index in [0.29, 0.717) is 28.7 Å². The number of rotatable bonds is 6. The standard InChI is InChI=1S/C20H22ClN3O4S/c1-14-12-16(7-10-18(14)21)28-13-20(25)22-15-5-8-17(9-6-15)29(26,27)23-19-4-3-11-24(19)2/h5-10,12H,3-4,11,13H2,1-2H3,(H,22,25)/b23-19+. The topological polar surface area (TPSA) is 88.1 Å². The number of amides is 1. The van der Waals surface area contributed by atoms with Crippen molar-refractivity contribution in [2.45, 2.75) is 24.7 Å². The Kier molecular flexibility index (Phi) is 6.44. The lowest BCUT2D eigenvalue weighted by Gasteiger charge is -2.11. The molecule has 0 aliphatic carbocycles. The molecule has 1 fully saturated rings. The molecule has 3 rings (SSSR count). The Balaban J connectivity index is 1.59. The first kappa shape index (κ1) is 21.1. The summed E-state index contributed by atoms with van der Waals surface area (Å²) in [6.07, 6.45) is 1.55. The van der Waals surface area contributed by atoms with Crippen molar-refractivity contribution < 1.29 is 17.9 Å². The first-order valence-electron chi connectivity index (χ1n) is 9.08. The Morgan fingerprint density at radius 3 is 2.59 bits per heavy atom. The molecule has 9 heteroatoms. The highest BCUT2D eigenvalue weighted by Gasteiger charge is 2.20. The van der Waals surface area contributed by atoms with Crippen LogP contribution in [0.25, 0.3) is 0 Å². The van der Waals surface area contributed by atoms with Crippen molar-refractivity contribution in [2.24, 2.45) is 4.40 Å². The van der Waals surface area contributed by atoms with Crippen LogP contribution in [0.1, 0.15) is 18.4 Å². The molecule has 0 spiro atoms. The van der Waals surface area contributed by atoms with E-state index in [0.717, 1.165) is 18.5 Å². The number of sulfonamides is 1. The zero-order valence-corrected chi connectivity index (χ0v) is 17.8. The van der Waals surface area contributed by atoms with E-state index in [1.807, 2.05) is 18.9 Å². The Hall–Kier alpha value is -2.58. The summed E-state index contributed by atoms with van der Waals surface area (Å²) in [4.78, 5) is 14.0. The van der Waals surface area contributed by atoms with Gasteiger partial charge in [-0.2, -0.15) is 8.42 Å². The van der Waals surface area contributed by atoms with Gasteiger partial charge in [0.05, 0.1) is 4.90 Å². The van der Waals surface area contributed by atoms with Crippen LogP contribution >= 0.6 is 11.6 Å². The molecule has 7 nitrogen and oxygen atoms in total. The number of benzene rings is 2. The van der Waals surface area contributed by atoms with Crippen LogP contribution in [0.15, 0.2) is 51.8 Å². The molecule has 1 aliphatic heterocycles. The summed E-state index contributed by atoms with van der Waals surface area (Å²) in [5.41, 5.74) is 1.32. The Morgan fingerprint density at radius 1 is 1.24 bits per heavy atom. The molecule has 0 unspecified atom stereocenters. The third kappa shape index (κ3) is 5.48. The van der Waals surface area contributed by atoms with E-state index >= 15 is 0 Å². The summed E-state index contributed by atoms with van der Waals surface area (Å²) < 4.78 is 34.3. The van der Waals surface area contributed by atoms with Gasteiger partial charge in [-0.25, -0.2) is 0 Å². The van der Waals surface area contributed by atoms with Crippen LogP contribution in [0.3, 0.4) is 0 Å². The fourth-order valence-corrected chi connectivity index (χ4v) is 4.08. The van der Waals surface area contributed by atoms with Gasteiger partial charge in [0, 0.05) is 30.7 Å². The first-order chi connectivity index (χ1) is 13.7. The average molecular weight is 436 g/mol. The third-order valence-electron chi connectivity index (χ3n) is 4.50. The van der Waals surface area contributed by atoms with Crippen molar-refractivity contribution in [3.63, 3.8) is 0 Å². The van der Waals surface area contributed by atoms with Crippen LogP contribution in [0, 0.1) is 6.92 Å². The molecule has 0 atom stereocenters. The van der Waals surface area contributed by atoms with E-state index in [1.165, 1.54) is 24.3 Å². The monoisotopic (exact) mass is 435 g/mol. The molecule has 2 aromatic rings. The molecular weight excluding hydrogens is 414 g/mol. The van der Waals surface area contributed by atoms with Gasteiger partial charge in [0.25, 0.3) is 15.9 Å².